The summed E-state index contributed by atoms with van der Waals surface area (Å²) in [6, 6.07) is 14.9. The van der Waals surface area contributed by atoms with Crippen molar-refractivity contribution in [2.45, 2.75) is 6.42 Å². The van der Waals surface area contributed by atoms with E-state index in [1.54, 1.807) is 30.5 Å². The van der Waals surface area contributed by atoms with Crippen LogP contribution in [-0.4, -0.2) is 32.7 Å². The number of fused-ring (bicyclic) bond motifs is 1. The molecule has 0 bridgehead atoms. The van der Waals surface area contributed by atoms with E-state index in [9.17, 15) is 14.0 Å². The van der Waals surface area contributed by atoms with Gasteiger partial charge < -0.3 is 10.2 Å². The standard InChI is InChI=1S/C23H18FN5O2/c24-17-4-8-19(9-5-17)29-13-16(12-21(29)30)22(31)26-18-6-2-15(3-7-18)20-14-28-11-1-10-25-23(28)27-20/h1-11,14,16H,12-13H2,(H,26,31)/t16-/m0/s1. The molecule has 2 aromatic heterocycles. The van der Waals surface area contributed by atoms with Crippen molar-refractivity contribution in [3.05, 3.63) is 79.0 Å². The van der Waals surface area contributed by atoms with Gasteiger partial charge in [0.05, 0.1) is 11.6 Å². The minimum Gasteiger partial charge on any atom is -0.326 e. The molecule has 1 aliphatic rings. The van der Waals surface area contributed by atoms with Crippen molar-refractivity contribution in [2.75, 3.05) is 16.8 Å². The van der Waals surface area contributed by atoms with Gasteiger partial charge in [-0.25, -0.2) is 14.4 Å². The number of rotatable bonds is 4. The van der Waals surface area contributed by atoms with Crippen molar-refractivity contribution in [1.82, 2.24) is 14.4 Å². The number of imidazole rings is 1. The number of carbonyl (C=O) groups excluding carboxylic acids is 2. The fraction of sp³-hybridized carbons (Fsp3) is 0.130. The Morgan fingerprint density at radius 1 is 1.10 bits per heavy atom. The number of aromatic nitrogens is 3. The van der Waals surface area contributed by atoms with Crippen molar-refractivity contribution < 1.29 is 14.0 Å². The second-order valence-electron chi connectivity index (χ2n) is 7.40. The van der Waals surface area contributed by atoms with Crippen LogP contribution in [-0.2, 0) is 9.59 Å². The quantitative estimate of drug-likeness (QED) is 0.553. The highest BCUT2D eigenvalue weighted by Crippen LogP contribution is 2.27. The number of carbonyl (C=O) groups is 2. The third-order valence-corrected chi connectivity index (χ3v) is 5.32. The molecule has 0 unspecified atom stereocenters. The van der Waals surface area contributed by atoms with Gasteiger partial charge in [-0.15, -0.1) is 0 Å². The van der Waals surface area contributed by atoms with Gasteiger partial charge in [0.1, 0.15) is 5.82 Å². The summed E-state index contributed by atoms with van der Waals surface area (Å²) in [5.41, 5.74) is 2.92. The predicted octanol–water partition coefficient (Wildman–Crippen LogP) is 3.53. The van der Waals surface area contributed by atoms with E-state index in [4.69, 9.17) is 0 Å². The molecule has 5 rings (SSSR count). The first-order valence-corrected chi connectivity index (χ1v) is 9.84. The summed E-state index contributed by atoms with van der Waals surface area (Å²) in [4.78, 5) is 35.2. The number of nitrogens with one attached hydrogen (secondary N) is 1. The topological polar surface area (TPSA) is 79.6 Å². The summed E-state index contributed by atoms with van der Waals surface area (Å²) in [6.45, 7) is 0.266. The molecular weight excluding hydrogens is 397 g/mol. The SMILES string of the molecule is O=C(Nc1ccc(-c2cn3cccnc3n2)cc1)[C@H]1CC(=O)N(c2ccc(F)cc2)C1. The first-order valence-electron chi connectivity index (χ1n) is 9.84. The Bertz CT molecular complexity index is 1230. The number of hydrogen-bond acceptors (Lipinski definition) is 4. The molecule has 1 atom stereocenters. The van der Waals surface area contributed by atoms with Crippen LogP contribution in [0.3, 0.4) is 0 Å². The highest BCUT2D eigenvalue weighted by Gasteiger charge is 2.35. The molecule has 3 heterocycles. The van der Waals surface area contributed by atoms with Gasteiger partial charge in [0.2, 0.25) is 17.6 Å². The van der Waals surface area contributed by atoms with Crippen molar-refractivity contribution >= 4 is 29.0 Å². The first kappa shape index (κ1) is 18.9. The summed E-state index contributed by atoms with van der Waals surface area (Å²) in [5, 5.41) is 2.88. The molecule has 0 saturated carbocycles. The highest BCUT2D eigenvalue weighted by atomic mass is 19.1. The molecule has 8 heteroatoms. The molecular formula is C23H18FN5O2. The highest BCUT2D eigenvalue weighted by molar-refractivity contribution is 6.03. The van der Waals surface area contributed by atoms with Gasteiger partial charge in [0.15, 0.2) is 0 Å². The smallest absolute Gasteiger partial charge is 0.234 e. The molecule has 0 aliphatic carbocycles. The van der Waals surface area contributed by atoms with Crippen LogP contribution in [0.2, 0.25) is 0 Å². The van der Waals surface area contributed by atoms with Crippen LogP contribution >= 0.6 is 0 Å². The monoisotopic (exact) mass is 415 g/mol. The normalized spacial score (nSPS) is 16.1. The lowest BCUT2D eigenvalue weighted by Crippen LogP contribution is -2.28. The summed E-state index contributed by atoms with van der Waals surface area (Å²) < 4.78 is 15.0. The zero-order valence-electron chi connectivity index (χ0n) is 16.4. The van der Waals surface area contributed by atoms with Crippen molar-refractivity contribution in [1.29, 1.82) is 0 Å². The summed E-state index contributed by atoms with van der Waals surface area (Å²) in [6.07, 6.45) is 5.58. The minimum absolute atomic E-state index is 0.121. The van der Waals surface area contributed by atoms with Gasteiger partial charge >= 0.3 is 0 Å². The molecule has 2 amide bonds. The molecule has 1 fully saturated rings. The van der Waals surface area contributed by atoms with E-state index in [-0.39, 0.29) is 30.6 Å². The second-order valence-corrected chi connectivity index (χ2v) is 7.40. The Hall–Kier alpha value is -4.07. The van der Waals surface area contributed by atoms with E-state index in [0.29, 0.717) is 17.2 Å². The lowest BCUT2D eigenvalue weighted by Gasteiger charge is -2.16. The van der Waals surface area contributed by atoms with Crippen LogP contribution in [0.1, 0.15) is 6.42 Å². The first-order chi connectivity index (χ1) is 15.1. The van der Waals surface area contributed by atoms with E-state index in [2.05, 4.69) is 15.3 Å². The average molecular weight is 415 g/mol. The van der Waals surface area contributed by atoms with E-state index in [1.165, 1.54) is 17.0 Å². The Morgan fingerprint density at radius 2 is 1.87 bits per heavy atom. The molecule has 1 aliphatic heterocycles. The van der Waals surface area contributed by atoms with Crippen LogP contribution in [0.15, 0.2) is 73.2 Å². The third kappa shape index (κ3) is 3.75. The molecule has 1 N–H and O–H groups in total. The number of anilines is 2. The van der Waals surface area contributed by atoms with Gasteiger partial charge in [-0.05, 0) is 42.5 Å². The van der Waals surface area contributed by atoms with Gasteiger partial charge in [-0.3, -0.25) is 14.0 Å². The van der Waals surface area contributed by atoms with Gasteiger partial charge in [0.25, 0.3) is 0 Å². The molecule has 0 spiro atoms. The lowest BCUT2D eigenvalue weighted by atomic mass is 10.1. The van der Waals surface area contributed by atoms with E-state index in [0.717, 1.165) is 11.3 Å². The predicted molar refractivity (Wildman–Crippen MR) is 114 cm³/mol. The maximum absolute atomic E-state index is 13.1. The molecule has 31 heavy (non-hydrogen) atoms. The van der Waals surface area contributed by atoms with Crippen molar-refractivity contribution in [3.8, 4) is 11.3 Å². The molecule has 1 saturated heterocycles. The number of hydrogen-bond donors (Lipinski definition) is 1. The molecule has 0 radical (unpaired) electrons. The van der Waals surface area contributed by atoms with Crippen molar-refractivity contribution in [2.24, 2.45) is 5.92 Å². The largest absolute Gasteiger partial charge is 0.326 e. The van der Waals surface area contributed by atoms with Crippen LogP contribution < -0.4 is 10.2 Å². The molecule has 2 aromatic carbocycles. The summed E-state index contributed by atoms with van der Waals surface area (Å²) in [7, 11) is 0. The van der Waals surface area contributed by atoms with Gasteiger partial charge in [0, 0.05) is 48.5 Å². The maximum Gasteiger partial charge on any atom is 0.234 e. The number of nitrogens with zero attached hydrogens (tertiary/aromatic N) is 4. The summed E-state index contributed by atoms with van der Waals surface area (Å²) >= 11 is 0. The van der Waals surface area contributed by atoms with Crippen molar-refractivity contribution in [3.63, 3.8) is 0 Å². The molecule has 4 aromatic rings. The van der Waals surface area contributed by atoms with E-state index >= 15 is 0 Å². The zero-order chi connectivity index (χ0) is 21.4. The summed E-state index contributed by atoms with van der Waals surface area (Å²) in [5.74, 6) is -0.591. The molecule has 154 valence electrons. The van der Waals surface area contributed by atoms with Crippen LogP contribution in [0.4, 0.5) is 15.8 Å². The Morgan fingerprint density at radius 3 is 2.61 bits per heavy atom. The lowest BCUT2D eigenvalue weighted by molar-refractivity contribution is -0.122. The van der Waals surface area contributed by atoms with Gasteiger partial charge in [-0.2, -0.15) is 0 Å². The number of benzene rings is 2. The Labute approximate surface area is 177 Å². The zero-order valence-corrected chi connectivity index (χ0v) is 16.4. The van der Waals surface area contributed by atoms with E-state index in [1.807, 2.05) is 35.0 Å². The molecule has 7 nitrogen and oxygen atoms in total. The van der Waals surface area contributed by atoms with E-state index < -0.39 is 5.92 Å². The minimum atomic E-state index is -0.471. The Balaban J connectivity index is 1.26. The fourth-order valence-electron chi connectivity index (χ4n) is 3.69. The average Bonchev–Trinajstić information content (AvgIpc) is 3.39. The maximum atomic E-state index is 13.1. The van der Waals surface area contributed by atoms with Crippen LogP contribution in [0.25, 0.3) is 17.0 Å². The fourth-order valence-corrected chi connectivity index (χ4v) is 3.69. The number of amides is 2. The second kappa shape index (κ2) is 7.64. The Kier molecular flexibility index (Phi) is 4.66. The van der Waals surface area contributed by atoms with Crippen LogP contribution in [0, 0.1) is 11.7 Å². The third-order valence-electron chi connectivity index (χ3n) is 5.32. The van der Waals surface area contributed by atoms with Crippen LogP contribution in [0.5, 0.6) is 0 Å². The van der Waals surface area contributed by atoms with Gasteiger partial charge in [-0.1, -0.05) is 12.1 Å². The number of halogens is 1.